The van der Waals surface area contributed by atoms with Crippen molar-refractivity contribution < 1.29 is 11.6 Å². The normalized spacial score (nSPS) is 18.7. The fourth-order valence-corrected chi connectivity index (χ4v) is 4.48. The number of hydrogen-bond donors (Lipinski definition) is 1. The third kappa shape index (κ3) is 8.30. The second-order valence-corrected chi connectivity index (χ2v) is 9.15. The number of hydrogen-bond acceptors (Lipinski definition) is 2. The molecule has 0 amide bonds. The summed E-state index contributed by atoms with van der Waals surface area (Å²) in [5.74, 6) is -0.290. The summed E-state index contributed by atoms with van der Waals surface area (Å²) in [6, 6.07) is -1.06. The van der Waals surface area contributed by atoms with E-state index >= 15 is 0 Å². The van der Waals surface area contributed by atoms with Crippen LogP contribution in [0.4, 0.5) is 0 Å². The summed E-state index contributed by atoms with van der Waals surface area (Å²) in [6.07, 6.45) is 22.2. The first-order valence-corrected chi connectivity index (χ1v) is 13.0. The maximum Gasteiger partial charge on any atom is 0.231 e. The third-order valence-electron chi connectivity index (χ3n) is 6.45. The summed E-state index contributed by atoms with van der Waals surface area (Å²) in [5, 5.41) is 3.60. The van der Waals surface area contributed by atoms with Crippen LogP contribution in [0.25, 0.3) is 10.9 Å². The highest BCUT2D eigenvalue weighted by molar-refractivity contribution is 5.94. The van der Waals surface area contributed by atoms with Crippen molar-refractivity contribution in [3.63, 3.8) is 0 Å². The van der Waals surface area contributed by atoms with E-state index in [4.69, 9.17) is 6.85 Å². The van der Waals surface area contributed by atoms with E-state index in [1.807, 2.05) is 0 Å². The fraction of sp³-hybridized carbons (Fsp3) is 0.567. The summed E-state index contributed by atoms with van der Waals surface area (Å²) in [6.45, 7) is 3.66. The molecule has 3 heteroatoms. The van der Waals surface area contributed by atoms with Crippen molar-refractivity contribution in [1.82, 2.24) is 9.88 Å². The van der Waals surface area contributed by atoms with Gasteiger partial charge in [-0.3, -0.25) is 9.36 Å². The Morgan fingerprint density at radius 3 is 2.52 bits per heavy atom. The molecule has 0 saturated carbocycles. The summed E-state index contributed by atoms with van der Waals surface area (Å²) >= 11 is 0. The first kappa shape index (κ1) is 19.2. The van der Waals surface area contributed by atoms with Crippen molar-refractivity contribution in [3.8, 4) is 0 Å². The van der Waals surface area contributed by atoms with E-state index in [0.717, 1.165) is 51.5 Å². The average Bonchev–Trinajstić information content (AvgIpc) is 3.54. The zero-order valence-corrected chi connectivity index (χ0v) is 20.3. The monoisotopic (exact) mass is 453 g/mol. The van der Waals surface area contributed by atoms with Crippen molar-refractivity contribution in [2.24, 2.45) is 0 Å². The predicted molar refractivity (Wildman–Crippen MR) is 142 cm³/mol. The van der Waals surface area contributed by atoms with Crippen LogP contribution in [-0.4, -0.2) is 23.6 Å². The highest BCUT2D eigenvalue weighted by Gasteiger charge is 2.22. The van der Waals surface area contributed by atoms with E-state index in [-0.39, 0.29) is 54.1 Å². The van der Waals surface area contributed by atoms with Gasteiger partial charge in [-0.1, -0.05) is 81.5 Å². The molecule has 3 nitrogen and oxygen atoms in total. The minimum absolute atomic E-state index is 0.0216. The van der Waals surface area contributed by atoms with Crippen LogP contribution in [-0.2, 0) is 0 Å². The number of allylic oxidation sites excluding steroid dienone is 4. The number of carbonyl (C=O) groups is 1. The molecule has 1 N–H and O–H groups in total. The summed E-state index contributed by atoms with van der Waals surface area (Å²) in [7, 11) is 0. The van der Waals surface area contributed by atoms with Gasteiger partial charge in [0.1, 0.15) is 0 Å². The van der Waals surface area contributed by atoms with Crippen molar-refractivity contribution in [2.75, 3.05) is 13.1 Å². The van der Waals surface area contributed by atoms with Crippen molar-refractivity contribution in [2.45, 2.75) is 96.3 Å². The van der Waals surface area contributed by atoms with Crippen molar-refractivity contribution in [1.29, 1.82) is 0 Å². The number of aromatic nitrogens is 1. The van der Waals surface area contributed by atoms with Crippen LogP contribution in [0.2, 0.25) is 0 Å². The minimum atomic E-state index is -0.359. The van der Waals surface area contributed by atoms with Crippen LogP contribution < -0.4 is 5.32 Å². The predicted octanol–water partition coefficient (Wildman–Crippen LogP) is 8.17. The Labute approximate surface area is 208 Å². The molecule has 1 aliphatic heterocycles. The van der Waals surface area contributed by atoms with Crippen molar-refractivity contribution >= 4 is 16.8 Å². The lowest BCUT2D eigenvalue weighted by Crippen LogP contribution is -2.09. The molecular formula is C30H44N2O. The van der Waals surface area contributed by atoms with Crippen LogP contribution in [0.5, 0.6) is 0 Å². The van der Waals surface area contributed by atoms with Gasteiger partial charge in [0.2, 0.25) is 5.91 Å². The number of benzene rings is 1. The number of fused-ring (bicyclic) bond motifs is 1. The average molecular weight is 454 g/mol. The summed E-state index contributed by atoms with van der Waals surface area (Å²) < 4.78 is 43.3. The zero-order valence-electron chi connectivity index (χ0n) is 25.3. The molecule has 1 aromatic heterocycles. The fourth-order valence-electron chi connectivity index (χ4n) is 4.48. The number of carbonyl (C=O) groups excluding carboxylic acids is 1. The first-order chi connectivity index (χ1) is 18.4. The lowest BCUT2D eigenvalue weighted by molar-refractivity contribution is 0.0904. The topological polar surface area (TPSA) is 34.0 Å². The molecule has 0 unspecified atom stereocenters. The Balaban J connectivity index is 1.51. The van der Waals surface area contributed by atoms with E-state index in [9.17, 15) is 4.79 Å². The summed E-state index contributed by atoms with van der Waals surface area (Å²) in [4.78, 5) is 13.3. The van der Waals surface area contributed by atoms with Gasteiger partial charge < -0.3 is 5.32 Å². The molecule has 3 rings (SSSR count). The van der Waals surface area contributed by atoms with Gasteiger partial charge >= 0.3 is 0 Å². The Bertz CT molecular complexity index is 1130. The maximum absolute atomic E-state index is 13.3. The number of nitrogens with zero attached hydrogens (tertiary/aromatic N) is 1. The second kappa shape index (κ2) is 14.9. The largest absolute Gasteiger partial charge is 0.316 e. The smallest absolute Gasteiger partial charge is 0.231 e. The van der Waals surface area contributed by atoms with Gasteiger partial charge in [-0.25, -0.2) is 0 Å². The van der Waals surface area contributed by atoms with E-state index in [1.54, 1.807) is 0 Å². The molecule has 1 atom stereocenters. The van der Waals surface area contributed by atoms with Gasteiger partial charge in [0.05, 0.1) is 12.4 Å². The molecule has 0 bridgehead atoms. The standard InChI is InChI=1S/C30H44N2O/c1-2-3-4-5-6-7-8-9-10-11-12-13-14-15-16-21-30(33)32-25-28(26-22-23-31-24-26)27-19-17-18-20-29(27)32/h6-7,9-10,17-20,25-26,31H,2-5,8,11-16,21-24H2,1H3/b7-6-,10-9-/t26-/m1/s1/i17D,18D,19D,20D,25D. The van der Waals surface area contributed by atoms with Gasteiger partial charge in [0.15, 0.2) is 0 Å². The second-order valence-electron chi connectivity index (χ2n) is 9.15. The number of para-hydroxylation sites is 1. The van der Waals surface area contributed by atoms with Crippen molar-refractivity contribution in [3.05, 3.63) is 60.2 Å². The molecule has 0 aliphatic carbocycles. The van der Waals surface area contributed by atoms with Crippen LogP contribution >= 0.6 is 0 Å². The van der Waals surface area contributed by atoms with Crippen LogP contribution in [0.15, 0.2) is 54.6 Å². The minimum Gasteiger partial charge on any atom is -0.316 e. The van der Waals surface area contributed by atoms with E-state index in [1.165, 1.54) is 30.3 Å². The molecule has 1 aromatic carbocycles. The van der Waals surface area contributed by atoms with E-state index in [0.29, 0.717) is 23.9 Å². The van der Waals surface area contributed by atoms with Gasteiger partial charge in [-0.15, -0.1) is 0 Å². The number of nitrogens with one attached hydrogen (secondary N) is 1. The maximum atomic E-state index is 13.3. The van der Waals surface area contributed by atoms with E-state index in [2.05, 4.69) is 36.5 Å². The Morgan fingerprint density at radius 1 is 1.03 bits per heavy atom. The Hall–Kier alpha value is -2.13. The molecule has 1 fully saturated rings. The molecule has 1 saturated heterocycles. The zero-order chi connectivity index (χ0) is 27.5. The highest BCUT2D eigenvalue weighted by Crippen LogP contribution is 2.31. The summed E-state index contributed by atoms with van der Waals surface area (Å²) in [5.41, 5.74) is 0.737. The molecule has 180 valence electrons. The first-order valence-electron chi connectivity index (χ1n) is 15.5. The quantitative estimate of drug-likeness (QED) is 0.218. The van der Waals surface area contributed by atoms with Gasteiger partial charge in [-0.05, 0) is 69.0 Å². The molecule has 0 radical (unpaired) electrons. The van der Waals surface area contributed by atoms with E-state index < -0.39 is 0 Å². The van der Waals surface area contributed by atoms with Crippen LogP contribution in [0, 0.1) is 0 Å². The number of rotatable bonds is 15. The van der Waals surface area contributed by atoms with Gasteiger partial charge in [-0.2, -0.15) is 0 Å². The lowest BCUT2D eigenvalue weighted by Gasteiger charge is -2.06. The highest BCUT2D eigenvalue weighted by atomic mass is 16.2. The number of unbranched alkanes of at least 4 members (excludes halogenated alkanes) is 8. The molecule has 33 heavy (non-hydrogen) atoms. The van der Waals surface area contributed by atoms with Gasteiger partial charge in [0, 0.05) is 24.5 Å². The van der Waals surface area contributed by atoms with Crippen LogP contribution in [0.3, 0.4) is 0 Å². The Morgan fingerprint density at radius 2 is 1.76 bits per heavy atom. The SMILES string of the molecule is [2H]c1c([2H])c([2H])c2c(c1[2H])c([C@@H]1CCNC1)c([2H])n2C(=O)CCCCCCC/C=C\C/C=C\CCCCC. The molecule has 2 aromatic rings. The molecule has 2 heterocycles. The molecule has 0 spiro atoms. The Kier molecular flexibility index (Phi) is 8.67. The van der Waals surface area contributed by atoms with Crippen LogP contribution in [0.1, 0.15) is 114 Å². The molecular weight excluding hydrogens is 404 g/mol. The van der Waals surface area contributed by atoms with Gasteiger partial charge in [0.25, 0.3) is 0 Å². The third-order valence-corrected chi connectivity index (χ3v) is 6.45. The lowest BCUT2D eigenvalue weighted by atomic mass is 9.98. The molecule has 1 aliphatic rings.